The Labute approximate surface area is 141 Å². The summed E-state index contributed by atoms with van der Waals surface area (Å²) in [4.78, 5) is 32.6. The average molecular weight is 349 g/mol. The quantitative estimate of drug-likeness (QED) is 0.595. The highest BCUT2D eigenvalue weighted by molar-refractivity contribution is 5.93. The summed E-state index contributed by atoms with van der Waals surface area (Å²) in [5.41, 5.74) is 0.270. The first-order valence-electron chi connectivity index (χ1n) is 7.12. The molecule has 0 fully saturated rings. The van der Waals surface area contributed by atoms with Crippen molar-refractivity contribution in [1.82, 2.24) is 9.78 Å². The zero-order valence-electron chi connectivity index (χ0n) is 13.5. The number of nitrogens with one attached hydrogen (secondary N) is 1. The summed E-state index contributed by atoms with van der Waals surface area (Å²) < 4.78 is 6.00. The fourth-order valence-electron chi connectivity index (χ4n) is 2.11. The van der Waals surface area contributed by atoms with Crippen LogP contribution in [0.1, 0.15) is 12.0 Å². The predicted octanol–water partition coefficient (Wildman–Crippen LogP) is 2.05. The number of anilines is 1. The van der Waals surface area contributed by atoms with Crippen LogP contribution in [0.3, 0.4) is 0 Å². The lowest BCUT2D eigenvalue weighted by Gasteiger charge is -2.06. The summed E-state index contributed by atoms with van der Waals surface area (Å²) in [5.74, 6) is -0.636. The van der Waals surface area contributed by atoms with Gasteiger partial charge in [0.15, 0.2) is 0 Å². The number of nitro groups is 2. The first-order valence-corrected chi connectivity index (χ1v) is 7.12. The Morgan fingerprint density at radius 1 is 1.28 bits per heavy atom. The molecule has 1 aromatic heterocycles. The van der Waals surface area contributed by atoms with Crippen LogP contribution < -0.4 is 10.1 Å². The Kier molecular flexibility index (Phi) is 5.27. The van der Waals surface area contributed by atoms with E-state index in [9.17, 15) is 25.0 Å². The lowest BCUT2D eigenvalue weighted by molar-refractivity contribution is -0.385. The van der Waals surface area contributed by atoms with Crippen molar-refractivity contribution in [2.75, 3.05) is 12.4 Å². The Morgan fingerprint density at radius 3 is 2.52 bits per heavy atom. The van der Waals surface area contributed by atoms with E-state index in [1.54, 1.807) is 13.0 Å². The normalized spacial score (nSPS) is 10.3. The van der Waals surface area contributed by atoms with Gasteiger partial charge in [-0.2, -0.15) is 0 Å². The largest absolute Gasteiger partial charge is 0.475 e. The number of nitrogens with zero attached hydrogens (tertiary/aromatic N) is 4. The van der Waals surface area contributed by atoms with Crippen LogP contribution >= 0.6 is 0 Å². The highest BCUT2D eigenvalue weighted by atomic mass is 16.6. The number of rotatable bonds is 7. The van der Waals surface area contributed by atoms with Gasteiger partial charge in [0.1, 0.15) is 11.9 Å². The van der Waals surface area contributed by atoms with Gasteiger partial charge in [-0.15, -0.1) is 5.10 Å². The van der Waals surface area contributed by atoms with Gasteiger partial charge in [0.25, 0.3) is 5.69 Å². The number of hydrogen-bond donors (Lipinski definition) is 1. The maximum atomic E-state index is 12.0. The van der Waals surface area contributed by atoms with Gasteiger partial charge < -0.3 is 10.1 Å². The van der Waals surface area contributed by atoms with E-state index < -0.39 is 15.8 Å². The van der Waals surface area contributed by atoms with Crippen molar-refractivity contribution in [1.29, 1.82) is 0 Å². The van der Waals surface area contributed by atoms with E-state index in [1.165, 1.54) is 23.9 Å². The Morgan fingerprint density at radius 2 is 1.96 bits per heavy atom. The van der Waals surface area contributed by atoms with Crippen LogP contribution in [-0.2, 0) is 11.3 Å². The van der Waals surface area contributed by atoms with E-state index >= 15 is 0 Å². The van der Waals surface area contributed by atoms with Gasteiger partial charge in [-0.1, -0.05) is 6.07 Å². The molecular formula is C14H15N5O6. The minimum absolute atomic E-state index is 0.0513. The van der Waals surface area contributed by atoms with E-state index in [-0.39, 0.29) is 35.9 Å². The molecule has 0 unspecified atom stereocenters. The van der Waals surface area contributed by atoms with Gasteiger partial charge in [-0.25, -0.2) is 0 Å². The minimum Gasteiger partial charge on any atom is -0.475 e. The third kappa shape index (κ3) is 4.28. The van der Waals surface area contributed by atoms with Crippen LogP contribution in [0.2, 0.25) is 0 Å². The summed E-state index contributed by atoms with van der Waals surface area (Å²) in [7, 11) is 1.25. The molecule has 0 radical (unpaired) electrons. The third-order valence-corrected chi connectivity index (χ3v) is 3.29. The van der Waals surface area contributed by atoms with Crippen LogP contribution in [0.15, 0.2) is 24.4 Å². The second kappa shape index (κ2) is 7.38. The Balaban J connectivity index is 2.05. The summed E-state index contributed by atoms with van der Waals surface area (Å²) >= 11 is 0. The van der Waals surface area contributed by atoms with E-state index in [4.69, 9.17) is 4.74 Å². The van der Waals surface area contributed by atoms with Crippen LogP contribution in [0.25, 0.3) is 0 Å². The lowest BCUT2D eigenvalue weighted by atomic mass is 10.2. The predicted molar refractivity (Wildman–Crippen MR) is 86.5 cm³/mol. The molecule has 11 heteroatoms. The second-order valence-corrected chi connectivity index (χ2v) is 5.12. The number of carbonyl (C=O) groups is 1. The van der Waals surface area contributed by atoms with Crippen LogP contribution in [-0.4, -0.2) is 32.6 Å². The van der Waals surface area contributed by atoms with Gasteiger partial charge >= 0.3 is 11.6 Å². The maximum absolute atomic E-state index is 12.0. The molecular weight excluding hydrogens is 334 g/mol. The average Bonchev–Trinajstić information content (AvgIpc) is 2.98. The molecule has 11 nitrogen and oxygen atoms in total. The summed E-state index contributed by atoms with van der Waals surface area (Å²) in [5, 5.41) is 28.2. The van der Waals surface area contributed by atoms with Crippen molar-refractivity contribution in [2.45, 2.75) is 19.9 Å². The monoisotopic (exact) mass is 349 g/mol. The van der Waals surface area contributed by atoms with Crippen molar-refractivity contribution in [2.24, 2.45) is 0 Å². The first kappa shape index (κ1) is 17.8. The molecule has 2 aromatic rings. The summed E-state index contributed by atoms with van der Waals surface area (Å²) in [6, 6.07) is 4.45. The topological polar surface area (TPSA) is 142 Å². The number of benzene rings is 1. The number of methoxy groups -OCH3 is 1. The Hall–Kier alpha value is -3.50. The van der Waals surface area contributed by atoms with Crippen molar-refractivity contribution in [3.8, 4) is 5.88 Å². The van der Waals surface area contributed by atoms with E-state index in [2.05, 4.69) is 10.4 Å². The molecule has 0 spiro atoms. The maximum Gasteiger partial charge on any atom is 0.350 e. The van der Waals surface area contributed by atoms with E-state index in [0.29, 0.717) is 5.56 Å². The molecule has 1 heterocycles. The number of aryl methyl sites for hydroxylation is 2. The SMILES string of the molecule is COc1nn(CCC(=O)Nc2ccc(C)cc2[N+](=O)[O-])cc1[N+](=O)[O-]. The highest BCUT2D eigenvalue weighted by Crippen LogP contribution is 2.26. The van der Waals surface area contributed by atoms with Crippen molar-refractivity contribution < 1.29 is 19.4 Å². The van der Waals surface area contributed by atoms with Gasteiger partial charge in [-0.05, 0) is 18.6 Å². The molecule has 1 N–H and O–H groups in total. The van der Waals surface area contributed by atoms with Gasteiger partial charge in [-0.3, -0.25) is 29.7 Å². The highest BCUT2D eigenvalue weighted by Gasteiger charge is 2.21. The number of hydrogen-bond acceptors (Lipinski definition) is 7. The molecule has 0 aliphatic carbocycles. The molecule has 0 saturated heterocycles. The molecule has 0 bridgehead atoms. The number of amides is 1. The van der Waals surface area contributed by atoms with Crippen molar-refractivity contribution >= 4 is 23.0 Å². The van der Waals surface area contributed by atoms with Gasteiger partial charge in [0, 0.05) is 12.5 Å². The van der Waals surface area contributed by atoms with Crippen LogP contribution in [0, 0.1) is 27.2 Å². The zero-order chi connectivity index (χ0) is 18.6. The molecule has 25 heavy (non-hydrogen) atoms. The van der Waals surface area contributed by atoms with Gasteiger partial charge in [0.2, 0.25) is 5.91 Å². The van der Waals surface area contributed by atoms with Gasteiger partial charge in [0.05, 0.1) is 23.5 Å². The molecule has 1 amide bonds. The molecule has 0 aliphatic heterocycles. The number of aromatic nitrogens is 2. The fraction of sp³-hybridized carbons (Fsp3) is 0.286. The zero-order valence-corrected chi connectivity index (χ0v) is 13.5. The number of ether oxygens (including phenoxy) is 1. The van der Waals surface area contributed by atoms with Crippen molar-refractivity contribution in [3.05, 3.63) is 50.2 Å². The van der Waals surface area contributed by atoms with Crippen LogP contribution in [0.4, 0.5) is 17.1 Å². The summed E-state index contributed by atoms with van der Waals surface area (Å²) in [6.45, 7) is 1.76. The summed E-state index contributed by atoms with van der Waals surface area (Å²) in [6.07, 6.45) is 1.08. The molecule has 0 aliphatic rings. The number of nitro benzene ring substituents is 1. The van der Waals surface area contributed by atoms with Crippen LogP contribution in [0.5, 0.6) is 5.88 Å². The smallest absolute Gasteiger partial charge is 0.350 e. The Bertz CT molecular complexity index is 831. The molecule has 2 rings (SSSR count). The van der Waals surface area contributed by atoms with E-state index in [0.717, 1.165) is 6.20 Å². The van der Waals surface area contributed by atoms with E-state index in [1.807, 2.05) is 0 Å². The number of carbonyl (C=O) groups excluding carboxylic acids is 1. The molecule has 132 valence electrons. The standard InChI is InChI=1S/C14H15N5O6/c1-9-3-4-10(11(7-9)18(21)22)15-13(20)5-6-17-8-12(19(23)24)14(16-17)25-2/h3-4,7-8H,5-6H2,1-2H3,(H,15,20). The lowest BCUT2D eigenvalue weighted by Crippen LogP contribution is -2.15. The fourth-order valence-corrected chi connectivity index (χ4v) is 2.11. The van der Waals surface area contributed by atoms with Crippen molar-refractivity contribution in [3.63, 3.8) is 0 Å². The minimum atomic E-state index is -0.641. The second-order valence-electron chi connectivity index (χ2n) is 5.12. The molecule has 1 aromatic carbocycles. The molecule has 0 atom stereocenters. The first-order chi connectivity index (χ1) is 11.8. The molecule has 0 saturated carbocycles. The third-order valence-electron chi connectivity index (χ3n) is 3.29.